The van der Waals surface area contributed by atoms with E-state index in [1.54, 1.807) is 16.8 Å². The number of hydrogen-bond donors (Lipinski definition) is 1. The average molecular weight is 162 g/mol. The van der Waals surface area contributed by atoms with E-state index in [9.17, 15) is 4.79 Å². The highest BCUT2D eigenvalue weighted by Crippen LogP contribution is 2.12. The van der Waals surface area contributed by atoms with E-state index in [0.29, 0.717) is 23.3 Å². The number of aldehydes is 1. The van der Waals surface area contributed by atoms with Crippen molar-refractivity contribution in [3.8, 4) is 0 Å². The molecule has 0 aliphatic carbocycles. The third-order valence-electron chi connectivity index (χ3n) is 1.62. The summed E-state index contributed by atoms with van der Waals surface area (Å²) in [4.78, 5) is 18.2. The predicted molar refractivity (Wildman–Crippen MR) is 42.8 cm³/mol. The van der Waals surface area contributed by atoms with Gasteiger partial charge in [0.15, 0.2) is 6.29 Å². The Morgan fingerprint density at radius 2 is 2.33 bits per heavy atom. The van der Waals surface area contributed by atoms with E-state index in [4.69, 9.17) is 5.73 Å². The second-order valence-electron chi connectivity index (χ2n) is 2.32. The maximum atomic E-state index is 10.5. The summed E-state index contributed by atoms with van der Waals surface area (Å²) in [6.07, 6.45) is 5.43. The molecular weight excluding hydrogens is 156 g/mol. The van der Waals surface area contributed by atoms with Gasteiger partial charge in [0, 0.05) is 12.4 Å². The van der Waals surface area contributed by atoms with Gasteiger partial charge >= 0.3 is 0 Å². The Morgan fingerprint density at radius 3 is 3.08 bits per heavy atom. The number of nitrogens with two attached hydrogens (primary N) is 1. The first-order valence-electron chi connectivity index (χ1n) is 3.35. The van der Waals surface area contributed by atoms with Gasteiger partial charge in [-0.05, 0) is 0 Å². The lowest BCUT2D eigenvalue weighted by molar-refractivity contribution is 0.112. The maximum Gasteiger partial charge on any atom is 0.170 e. The van der Waals surface area contributed by atoms with Gasteiger partial charge in [-0.15, -0.1) is 0 Å². The number of carbonyl (C=O) groups excluding carboxylic acids is 1. The standard InChI is InChI=1S/C7H6N4O/c8-7-6-5(3-12)10-4-11(6)2-1-9-7/h1-4H,(H2,8,9). The number of hydrogen-bond acceptors (Lipinski definition) is 4. The molecule has 0 spiro atoms. The molecule has 0 bridgehead atoms. The minimum Gasteiger partial charge on any atom is -0.382 e. The van der Waals surface area contributed by atoms with Crippen LogP contribution in [0, 0.1) is 0 Å². The van der Waals surface area contributed by atoms with Crippen LogP contribution in [-0.4, -0.2) is 20.7 Å². The summed E-state index contributed by atoms with van der Waals surface area (Å²) in [5.74, 6) is 0.317. The molecule has 0 amide bonds. The van der Waals surface area contributed by atoms with E-state index in [0.717, 1.165) is 0 Å². The molecule has 2 aromatic rings. The molecule has 0 aliphatic rings. The number of carbonyl (C=O) groups is 1. The van der Waals surface area contributed by atoms with Gasteiger partial charge < -0.3 is 10.1 Å². The van der Waals surface area contributed by atoms with Crippen LogP contribution in [0.1, 0.15) is 10.5 Å². The van der Waals surface area contributed by atoms with E-state index in [1.807, 2.05) is 0 Å². The number of fused-ring (bicyclic) bond motifs is 1. The van der Waals surface area contributed by atoms with Gasteiger partial charge in [-0.1, -0.05) is 0 Å². The van der Waals surface area contributed by atoms with Gasteiger partial charge in [0.2, 0.25) is 0 Å². The van der Waals surface area contributed by atoms with Gasteiger partial charge in [-0.25, -0.2) is 9.97 Å². The van der Waals surface area contributed by atoms with Gasteiger partial charge in [-0.2, -0.15) is 0 Å². The van der Waals surface area contributed by atoms with Crippen molar-refractivity contribution in [3.63, 3.8) is 0 Å². The monoisotopic (exact) mass is 162 g/mol. The zero-order valence-electron chi connectivity index (χ0n) is 6.14. The number of nitrogens with zero attached hydrogens (tertiary/aromatic N) is 3. The minimum atomic E-state index is 0.317. The molecule has 0 fully saturated rings. The molecule has 2 N–H and O–H groups in total. The fraction of sp³-hybridized carbons (Fsp3) is 0. The fourth-order valence-electron chi connectivity index (χ4n) is 1.08. The molecule has 2 heterocycles. The first-order chi connectivity index (χ1) is 5.83. The SMILES string of the molecule is Nc1nccn2cnc(C=O)c12. The van der Waals surface area contributed by atoms with E-state index < -0.39 is 0 Å². The van der Waals surface area contributed by atoms with Crippen LogP contribution < -0.4 is 5.73 Å². The molecule has 2 aromatic heterocycles. The van der Waals surface area contributed by atoms with Crippen LogP contribution in [0.3, 0.4) is 0 Å². The summed E-state index contributed by atoms with van der Waals surface area (Å²) in [6.45, 7) is 0. The number of nitrogen functional groups attached to an aromatic ring is 1. The third kappa shape index (κ3) is 0.763. The summed E-state index contributed by atoms with van der Waals surface area (Å²) in [7, 11) is 0. The van der Waals surface area contributed by atoms with E-state index >= 15 is 0 Å². The Kier molecular flexibility index (Phi) is 1.30. The van der Waals surface area contributed by atoms with Crippen LogP contribution in [0.2, 0.25) is 0 Å². The molecule has 2 rings (SSSR count). The molecule has 0 unspecified atom stereocenters. The maximum absolute atomic E-state index is 10.5. The second-order valence-corrected chi connectivity index (χ2v) is 2.32. The second kappa shape index (κ2) is 2.30. The Morgan fingerprint density at radius 1 is 1.50 bits per heavy atom. The van der Waals surface area contributed by atoms with Crippen LogP contribution >= 0.6 is 0 Å². The zero-order valence-corrected chi connectivity index (χ0v) is 6.14. The van der Waals surface area contributed by atoms with Gasteiger partial charge in [0.1, 0.15) is 23.4 Å². The van der Waals surface area contributed by atoms with Crippen LogP contribution in [0.5, 0.6) is 0 Å². The van der Waals surface area contributed by atoms with Gasteiger partial charge in [0.05, 0.1) is 0 Å². The summed E-state index contributed by atoms with van der Waals surface area (Å²) < 4.78 is 1.66. The lowest BCUT2D eigenvalue weighted by Gasteiger charge is -1.95. The molecule has 5 heteroatoms. The van der Waals surface area contributed by atoms with Crippen molar-refractivity contribution in [1.29, 1.82) is 0 Å². The topological polar surface area (TPSA) is 73.3 Å². The average Bonchev–Trinajstić information content (AvgIpc) is 2.49. The van der Waals surface area contributed by atoms with E-state index in [1.165, 1.54) is 6.33 Å². The first-order valence-corrected chi connectivity index (χ1v) is 3.35. The molecular formula is C7H6N4O. The van der Waals surface area contributed by atoms with E-state index in [-0.39, 0.29) is 0 Å². The molecule has 0 atom stereocenters. The molecule has 0 aromatic carbocycles. The van der Waals surface area contributed by atoms with Crippen molar-refractivity contribution in [2.24, 2.45) is 0 Å². The van der Waals surface area contributed by atoms with E-state index in [2.05, 4.69) is 9.97 Å². The summed E-state index contributed by atoms with van der Waals surface area (Å²) >= 11 is 0. The molecule has 12 heavy (non-hydrogen) atoms. The molecule has 0 saturated carbocycles. The smallest absolute Gasteiger partial charge is 0.170 e. The normalized spacial score (nSPS) is 10.3. The predicted octanol–water partition coefficient (Wildman–Crippen LogP) is 0.124. The largest absolute Gasteiger partial charge is 0.382 e. The van der Waals surface area contributed by atoms with Crippen molar-refractivity contribution in [2.75, 3.05) is 5.73 Å². The van der Waals surface area contributed by atoms with Crippen molar-refractivity contribution in [3.05, 3.63) is 24.4 Å². The Bertz CT molecular complexity index is 434. The number of rotatable bonds is 1. The molecule has 0 radical (unpaired) electrons. The summed E-state index contributed by atoms with van der Waals surface area (Å²) in [6, 6.07) is 0. The van der Waals surface area contributed by atoms with Crippen molar-refractivity contribution in [1.82, 2.24) is 14.4 Å². The Balaban J connectivity index is 2.91. The highest BCUT2D eigenvalue weighted by Gasteiger charge is 2.05. The van der Waals surface area contributed by atoms with Crippen molar-refractivity contribution in [2.45, 2.75) is 0 Å². The number of aromatic nitrogens is 3. The van der Waals surface area contributed by atoms with Gasteiger partial charge in [-0.3, -0.25) is 4.79 Å². The molecule has 60 valence electrons. The quantitative estimate of drug-likeness (QED) is 0.604. The lowest BCUT2D eigenvalue weighted by atomic mass is 10.4. The Hall–Kier alpha value is -1.91. The van der Waals surface area contributed by atoms with Crippen LogP contribution in [0.15, 0.2) is 18.7 Å². The summed E-state index contributed by atoms with van der Waals surface area (Å²) in [5, 5.41) is 0. The van der Waals surface area contributed by atoms with Crippen LogP contribution in [-0.2, 0) is 0 Å². The number of anilines is 1. The lowest BCUT2D eigenvalue weighted by Crippen LogP contribution is -1.95. The molecule has 5 nitrogen and oxygen atoms in total. The highest BCUT2D eigenvalue weighted by molar-refractivity contribution is 5.88. The molecule has 0 saturated heterocycles. The van der Waals surface area contributed by atoms with Gasteiger partial charge in [0.25, 0.3) is 0 Å². The minimum absolute atomic E-state index is 0.317. The number of imidazole rings is 1. The first kappa shape index (κ1) is 6.78. The van der Waals surface area contributed by atoms with Crippen molar-refractivity contribution >= 4 is 17.6 Å². The fourth-order valence-corrected chi connectivity index (χ4v) is 1.08. The highest BCUT2D eigenvalue weighted by atomic mass is 16.1. The Labute approximate surface area is 67.9 Å². The molecule has 0 aliphatic heterocycles. The van der Waals surface area contributed by atoms with Crippen molar-refractivity contribution < 1.29 is 4.79 Å². The zero-order chi connectivity index (χ0) is 8.55. The summed E-state index contributed by atoms with van der Waals surface area (Å²) in [5.41, 5.74) is 6.43. The third-order valence-corrected chi connectivity index (χ3v) is 1.62. The van der Waals surface area contributed by atoms with Crippen LogP contribution in [0.4, 0.5) is 5.82 Å². The van der Waals surface area contributed by atoms with Crippen LogP contribution in [0.25, 0.3) is 5.52 Å².